The SMILES string of the molecule is CC(C)(C)C1CCCCC1NC(=O)c1ccc(CN2CCCC2=O)cc1. The van der Waals surface area contributed by atoms with Crippen LogP contribution in [0.4, 0.5) is 0 Å². The Balaban J connectivity index is 1.61. The molecule has 2 amide bonds. The van der Waals surface area contributed by atoms with Crippen molar-refractivity contribution in [3.63, 3.8) is 0 Å². The minimum Gasteiger partial charge on any atom is -0.349 e. The summed E-state index contributed by atoms with van der Waals surface area (Å²) in [6.45, 7) is 8.32. The van der Waals surface area contributed by atoms with E-state index in [4.69, 9.17) is 0 Å². The fourth-order valence-electron chi connectivity index (χ4n) is 4.45. The Bertz CT molecular complexity index is 645. The van der Waals surface area contributed by atoms with Crippen LogP contribution in [0.1, 0.15) is 75.2 Å². The molecule has 1 aromatic carbocycles. The van der Waals surface area contributed by atoms with Gasteiger partial charge in [0.25, 0.3) is 5.91 Å². The third-order valence-electron chi connectivity index (χ3n) is 5.96. The molecule has 2 unspecified atom stereocenters. The van der Waals surface area contributed by atoms with Gasteiger partial charge >= 0.3 is 0 Å². The molecule has 3 rings (SSSR count). The number of benzene rings is 1. The number of likely N-dealkylation sites (tertiary alicyclic amines) is 1. The molecular weight excluding hydrogens is 324 g/mol. The molecule has 1 heterocycles. The number of nitrogens with zero attached hydrogens (tertiary/aromatic N) is 1. The molecule has 4 heteroatoms. The number of nitrogens with one attached hydrogen (secondary N) is 1. The highest BCUT2D eigenvalue weighted by atomic mass is 16.2. The zero-order valence-electron chi connectivity index (χ0n) is 16.4. The minimum atomic E-state index is 0.0231. The fraction of sp³-hybridized carbons (Fsp3) is 0.636. The van der Waals surface area contributed by atoms with Gasteiger partial charge in [0.1, 0.15) is 0 Å². The molecule has 1 aromatic rings. The summed E-state index contributed by atoms with van der Waals surface area (Å²) in [4.78, 5) is 26.4. The summed E-state index contributed by atoms with van der Waals surface area (Å²) < 4.78 is 0. The van der Waals surface area contributed by atoms with Crippen molar-refractivity contribution in [2.75, 3.05) is 6.54 Å². The van der Waals surface area contributed by atoms with Crippen LogP contribution in [0.3, 0.4) is 0 Å². The van der Waals surface area contributed by atoms with Gasteiger partial charge in [0, 0.05) is 31.1 Å². The summed E-state index contributed by atoms with van der Waals surface area (Å²) in [5.41, 5.74) is 2.01. The average molecular weight is 357 g/mol. The van der Waals surface area contributed by atoms with Crippen LogP contribution in [-0.2, 0) is 11.3 Å². The van der Waals surface area contributed by atoms with E-state index in [2.05, 4.69) is 26.1 Å². The van der Waals surface area contributed by atoms with Crippen molar-refractivity contribution >= 4 is 11.8 Å². The van der Waals surface area contributed by atoms with Crippen molar-refractivity contribution in [2.24, 2.45) is 11.3 Å². The van der Waals surface area contributed by atoms with Crippen LogP contribution >= 0.6 is 0 Å². The third kappa shape index (κ3) is 4.46. The normalized spacial score (nSPS) is 24.0. The van der Waals surface area contributed by atoms with Crippen LogP contribution in [0, 0.1) is 11.3 Å². The Kier molecular flexibility index (Phi) is 5.69. The first-order valence-corrected chi connectivity index (χ1v) is 10.0. The first-order valence-electron chi connectivity index (χ1n) is 10.0. The number of rotatable bonds is 4. The zero-order valence-corrected chi connectivity index (χ0v) is 16.4. The average Bonchev–Trinajstić information content (AvgIpc) is 3.00. The second-order valence-electron chi connectivity index (χ2n) is 8.95. The smallest absolute Gasteiger partial charge is 0.251 e. The van der Waals surface area contributed by atoms with Crippen molar-refractivity contribution in [1.82, 2.24) is 10.2 Å². The highest BCUT2D eigenvalue weighted by molar-refractivity contribution is 5.94. The fourth-order valence-corrected chi connectivity index (χ4v) is 4.45. The van der Waals surface area contributed by atoms with Crippen molar-refractivity contribution in [1.29, 1.82) is 0 Å². The Hall–Kier alpha value is -1.84. The number of carbonyl (C=O) groups excluding carboxylic acids is 2. The summed E-state index contributed by atoms with van der Waals surface area (Å²) in [6.07, 6.45) is 6.34. The maximum absolute atomic E-state index is 12.7. The number of carbonyl (C=O) groups is 2. The predicted octanol–water partition coefficient (Wildman–Crippen LogP) is 4.14. The molecule has 142 valence electrons. The van der Waals surface area contributed by atoms with Gasteiger partial charge in [0.2, 0.25) is 5.91 Å². The van der Waals surface area contributed by atoms with E-state index in [-0.39, 0.29) is 23.3 Å². The molecule has 2 aliphatic rings. The molecule has 1 saturated heterocycles. The molecule has 0 spiro atoms. The van der Waals surface area contributed by atoms with Crippen LogP contribution in [0.25, 0.3) is 0 Å². The molecule has 26 heavy (non-hydrogen) atoms. The standard InChI is InChI=1S/C22H32N2O2/c1-22(2,3)18-7-4-5-8-19(18)23-21(26)17-12-10-16(11-13-17)15-24-14-6-9-20(24)25/h10-13,18-19H,4-9,14-15H2,1-3H3,(H,23,26). The largest absolute Gasteiger partial charge is 0.349 e. The van der Waals surface area contributed by atoms with Gasteiger partial charge in [-0.3, -0.25) is 9.59 Å². The Morgan fingerprint density at radius 3 is 2.42 bits per heavy atom. The van der Waals surface area contributed by atoms with E-state index in [1.54, 1.807) is 0 Å². The van der Waals surface area contributed by atoms with E-state index in [0.29, 0.717) is 24.4 Å². The number of hydrogen-bond donors (Lipinski definition) is 1. The van der Waals surface area contributed by atoms with Crippen LogP contribution in [-0.4, -0.2) is 29.3 Å². The molecular formula is C22H32N2O2. The number of hydrogen-bond acceptors (Lipinski definition) is 2. The molecule has 4 nitrogen and oxygen atoms in total. The Morgan fingerprint density at radius 1 is 1.12 bits per heavy atom. The maximum Gasteiger partial charge on any atom is 0.251 e. The quantitative estimate of drug-likeness (QED) is 0.881. The molecule has 1 N–H and O–H groups in total. The number of amides is 2. The monoisotopic (exact) mass is 356 g/mol. The summed E-state index contributed by atoms with van der Waals surface area (Å²) in [5.74, 6) is 0.785. The van der Waals surface area contributed by atoms with Crippen LogP contribution < -0.4 is 5.32 Å². The van der Waals surface area contributed by atoms with Crippen molar-refractivity contribution in [3.8, 4) is 0 Å². The highest BCUT2D eigenvalue weighted by Crippen LogP contribution is 2.38. The third-order valence-corrected chi connectivity index (χ3v) is 5.96. The summed E-state index contributed by atoms with van der Waals surface area (Å²) >= 11 is 0. The highest BCUT2D eigenvalue weighted by Gasteiger charge is 2.35. The van der Waals surface area contributed by atoms with E-state index in [9.17, 15) is 9.59 Å². The molecule has 2 fully saturated rings. The van der Waals surface area contributed by atoms with Crippen LogP contribution in [0.2, 0.25) is 0 Å². The van der Waals surface area contributed by atoms with Gasteiger partial charge in [0.05, 0.1) is 0 Å². The minimum absolute atomic E-state index is 0.0231. The van der Waals surface area contributed by atoms with E-state index >= 15 is 0 Å². The van der Waals surface area contributed by atoms with Gasteiger partial charge in [-0.05, 0) is 48.3 Å². The molecule has 1 aliphatic carbocycles. The first-order chi connectivity index (χ1) is 12.3. The summed E-state index contributed by atoms with van der Waals surface area (Å²) in [6, 6.07) is 7.99. The molecule has 2 atom stereocenters. The predicted molar refractivity (Wildman–Crippen MR) is 104 cm³/mol. The van der Waals surface area contributed by atoms with Gasteiger partial charge < -0.3 is 10.2 Å². The van der Waals surface area contributed by atoms with Crippen molar-refractivity contribution in [3.05, 3.63) is 35.4 Å². The molecule has 0 bridgehead atoms. The van der Waals surface area contributed by atoms with Gasteiger partial charge in [-0.25, -0.2) is 0 Å². The Morgan fingerprint density at radius 2 is 1.81 bits per heavy atom. The second kappa shape index (κ2) is 7.81. The summed E-state index contributed by atoms with van der Waals surface area (Å²) in [7, 11) is 0. The van der Waals surface area contributed by atoms with Crippen molar-refractivity contribution in [2.45, 2.75) is 71.9 Å². The topological polar surface area (TPSA) is 49.4 Å². The van der Waals surface area contributed by atoms with Crippen molar-refractivity contribution < 1.29 is 9.59 Å². The maximum atomic E-state index is 12.7. The lowest BCUT2D eigenvalue weighted by Crippen LogP contribution is -2.46. The molecule has 0 aromatic heterocycles. The van der Waals surface area contributed by atoms with Gasteiger partial charge in [-0.1, -0.05) is 45.7 Å². The molecule has 0 radical (unpaired) electrons. The Labute approximate surface area is 157 Å². The van der Waals surface area contributed by atoms with E-state index in [0.717, 1.165) is 24.9 Å². The van der Waals surface area contributed by atoms with Crippen LogP contribution in [0.15, 0.2) is 24.3 Å². The van der Waals surface area contributed by atoms with Gasteiger partial charge in [-0.15, -0.1) is 0 Å². The summed E-state index contributed by atoms with van der Waals surface area (Å²) in [5, 5.41) is 3.29. The zero-order chi connectivity index (χ0) is 18.7. The lowest BCUT2D eigenvalue weighted by Gasteiger charge is -2.40. The van der Waals surface area contributed by atoms with E-state index in [1.807, 2.05) is 29.2 Å². The first kappa shape index (κ1) is 18.9. The molecule has 1 aliphatic heterocycles. The van der Waals surface area contributed by atoms with Gasteiger partial charge in [-0.2, -0.15) is 0 Å². The second-order valence-corrected chi connectivity index (χ2v) is 8.95. The molecule has 1 saturated carbocycles. The van der Waals surface area contributed by atoms with E-state index in [1.165, 1.54) is 19.3 Å². The lowest BCUT2D eigenvalue weighted by atomic mass is 9.69. The van der Waals surface area contributed by atoms with Crippen LogP contribution in [0.5, 0.6) is 0 Å². The van der Waals surface area contributed by atoms with Gasteiger partial charge in [0.15, 0.2) is 0 Å². The lowest BCUT2D eigenvalue weighted by molar-refractivity contribution is -0.128. The van der Waals surface area contributed by atoms with E-state index < -0.39 is 0 Å².